The number of hydrogen-bond donors (Lipinski definition) is 0. The minimum absolute atomic E-state index is 0.0645. The molecule has 0 atom stereocenters. The van der Waals surface area contributed by atoms with Crippen molar-refractivity contribution in [2.75, 3.05) is 9.80 Å². The maximum absolute atomic E-state index is 2.72. The van der Waals surface area contributed by atoms with Gasteiger partial charge in [0, 0.05) is 34.1 Å². The molecule has 0 spiro atoms. The second-order valence-corrected chi connectivity index (χ2v) is 24.3. The molecule has 0 aromatic heterocycles. The molecule has 0 radical (unpaired) electrons. The molecule has 0 N–H and O–H groups in total. The van der Waals surface area contributed by atoms with Crippen LogP contribution in [0.25, 0.3) is 54.6 Å². The minimum Gasteiger partial charge on any atom is -0.311 e. The molecule has 4 heterocycles. The zero-order chi connectivity index (χ0) is 50.9. The molecule has 2 nitrogen and oxygen atoms in total. The van der Waals surface area contributed by atoms with Gasteiger partial charge in [0.2, 0.25) is 13.4 Å². The number of para-hydroxylation sites is 2. The second-order valence-electron chi connectivity index (χ2n) is 24.3. The summed E-state index contributed by atoms with van der Waals surface area (Å²) in [4.78, 5) is 5.22. The highest BCUT2D eigenvalue weighted by molar-refractivity contribution is 7.02. The lowest BCUT2D eigenvalue weighted by Crippen LogP contribution is -2.60. The van der Waals surface area contributed by atoms with E-state index in [0.717, 1.165) is 0 Å². The summed E-state index contributed by atoms with van der Waals surface area (Å²) in [6.07, 6.45) is 0. The Hall–Kier alpha value is -7.03. The third-order valence-corrected chi connectivity index (χ3v) is 18.0. The van der Waals surface area contributed by atoms with Gasteiger partial charge in [0.15, 0.2) is 0 Å². The van der Waals surface area contributed by atoms with Crippen molar-refractivity contribution in [1.82, 2.24) is 0 Å². The van der Waals surface area contributed by atoms with Crippen LogP contribution in [-0.4, -0.2) is 13.4 Å². The van der Waals surface area contributed by atoms with E-state index in [0.29, 0.717) is 35.5 Å². The number of fused-ring (bicyclic) bond motifs is 8. The first-order valence-electron chi connectivity index (χ1n) is 27.9. The van der Waals surface area contributed by atoms with E-state index in [1.54, 1.807) is 0 Å². The van der Waals surface area contributed by atoms with Crippen molar-refractivity contribution in [3.8, 4) is 22.3 Å². The normalized spacial score (nSPS) is 14.0. The van der Waals surface area contributed by atoms with Gasteiger partial charge in [-0.15, -0.1) is 0 Å². The largest absolute Gasteiger partial charge is 0.311 e. The molecule has 0 fully saturated rings. The van der Waals surface area contributed by atoms with Crippen LogP contribution in [0.15, 0.2) is 146 Å². The van der Waals surface area contributed by atoms with E-state index in [4.69, 9.17) is 0 Å². The lowest BCUT2D eigenvalue weighted by Gasteiger charge is -2.43. The number of hydrogen-bond acceptors (Lipinski definition) is 2. The van der Waals surface area contributed by atoms with Crippen LogP contribution in [0.4, 0.5) is 34.1 Å². The van der Waals surface area contributed by atoms with Crippen LogP contribution in [0.3, 0.4) is 0 Å². The maximum atomic E-state index is 2.72. The van der Waals surface area contributed by atoms with Gasteiger partial charge < -0.3 is 9.80 Å². The summed E-state index contributed by atoms with van der Waals surface area (Å²) in [5, 5.41) is 8.70. The topological polar surface area (TPSA) is 6.48 Å². The van der Waals surface area contributed by atoms with Crippen molar-refractivity contribution in [1.29, 1.82) is 0 Å². The molecule has 4 aliphatic heterocycles. The zero-order valence-electron chi connectivity index (χ0n) is 45.4. The van der Waals surface area contributed by atoms with Gasteiger partial charge >= 0.3 is 0 Å². The van der Waals surface area contributed by atoms with Crippen molar-refractivity contribution in [2.45, 2.75) is 119 Å². The van der Waals surface area contributed by atoms with Gasteiger partial charge in [-0.1, -0.05) is 179 Å². The van der Waals surface area contributed by atoms with Crippen LogP contribution in [0.1, 0.15) is 152 Å². The fraction of sp³-hybridized carbons (Fsp3) is 0.257. The molecule has 0 amide bonds. The second kappa shape index (κ2) is 16.2. The molecule has 4 heteroatoms. The van der Waals surface area contributed by atoms with Crippen LogP contribution in [0.2, 0.25) is 0 Å². The molecular weight excluding hydrogens is 890 g/mol. The van der Waals surface area contributed by atoms with Gasteiger partial charge in [-0.2, -0.15) is 0 Å². The molecule has 0 bridgehead atoms. The summed E-state index contributed by atoms with van der Waals surface area (Å²) >= 11 is 0. The lowest BCUT2D eigenvalue weighted by molar-refractivity contribution is 0.865. The minimum atomic E-state index is 0.0645. The van der Waals surface area contributed by atoms with Gasteiger partial charge in [-0.05, 0) is 206 Å². The van der Waals surface area contributed by atoms with Gasteiger partial charge in [0.1, 0.15) is 0 Å². The van der Waals surface area contributed by atoms with E-state index in [1.165, 1.54) is 155 Å². The van der Waals surface area contributed by atoms with Gasteiger partial charge in [-0.25, -0.2) is 0 Å². The van der Waals surface area contributed by atoms with Crippen molar-refractivity contribution in [2.24, 2.45) is 0 Å². The maximum Gasteiger partial charge on any atom is 0.248 e. The van der Waals surface area contributed by atoms with Crippen LogP contribution < -0.4 is 42.6 Å². The van der Waals surface area contributed by atoms with Gasteiger partial charge in [0.25, 0.3) is 0 Å². The summed E-state index contributed by atoms with van der Waals surface area (Å²) in [7, 11) is 0. The highest BCUT2D eigenvalue weighted by Crippen LogP contribution is 2.52. The fourth-order valence-corrected chi connectivity index (χ4v) is 14.2. The van der Waals surface area contributed by atoms with E-state index >= 15 is 0 Å². The summed E-state index contributed by atoms with van der Waals surface area (Å²) in [6, 6.07) is 58.3. The average Bonchev–Trinajstić information content (AvgIpc) is 3.45. The van der Waals surface area contributed by atoms with Crippen molar-refractivity contribution < 1.29 is 0 Å². The molecule has 0 aliphatic carbocycles. The van der Waals surface area contributed by atoms with Crippen LogP contribution >= 0.6 is 0 Å². The molecule has 74 heavy (non-hydrogen) atoms. The predicted molar refractivity (Wildman–Crippen MR) is 324 cm³/mol. The molecule has 0 saturated heterocycles. The first-order valence-corrected chi connectivity index (χ1v) is 27.9. The summed E-state index contributed by atoms with van der Waals surface area (Å²) in [6.45, 7) is 28.7. The monoisotopic (exact) mass is 957 g/mol. The Kier molecular flexibility index (Phi) is 10.00. The predicted octanol–water partition coefficient (Wildman–Crippen LogP) is 15.9. The first kappa shape index (κ1) is 45.6. The molecule has 362 valence electrons. The van der Waals surface area contributed by atoms with Crippen LogP contribution in [0.5, 0.6) is 0 Å². The molecule has 4 aliphatic rings. The Morgan fingerprint density at radius 2 is 0.662 bits per heavy atom. The smallest absolute Gasteiger partial charge is 0.248 e. The molecule has 0 saturated carbocycles. The molecule has 10 aromatic rings. The Labute approximate surface area is 440 Å². The summed E-state index contributed by atoms with van der Waals surface area (Å²) in [5.41, 5.74) is 30.3. The first-order chi connectivity index (χ1) is 35.7. The summed E-state index contributed by atoms with van der Waals surface area (Å²) in [5.74, 6) is 2.11. The quantitative estimate of drug-likeness (QED) is 0.111. The molecule has 10 aromatic carbocycles. The number of anilines is 6. The van der Waals surface area contributed by atoms with Gasteiger partial charge in [0.05, 0.1) is 0 Å². The van der Waals surface area contributed by atoms with E-state index < -0.39 is 0 Å². The van der Waals surface area contributed by atoms with Crippen LogP contribution in [-0.2, 0) is 0 Å². The third kappa shape index (κ3) is 6.21. The van der Waals surface area contributed by atoms with Crippen molar-refractivity contribution in [3.05, 3.63) is 179 Å². The average molecular weight is 957 g/mol. The van der Waals surface area contributed by atoms with Crippen LogP contribution in [0, 0.1) is 0 Å². The number of rotatable bonds is 8. The Morgan fingerprint density at radius 3 is 1.01 bits per heavy atom. The van der Waals surface area contributed by atoms with E-state index in [-0.39, 0.29) is 13.4 Å². The van der Waals surface area contributed by atoms with Crippen molar-refractivity contribution in [3.63, 3.8) is 0 Å². The fourth-order valence-electron chi connectivity index (χ4n) is 14.2. The molecular formula is C70H66B2N2. The van der Waals surface area contributed by atoms with Gasteiger partial charge in [-0.3, -0.25) is 0 Å². The summed E-state index contributed by atoms with van der Waals surface area (Å²) < 4.78 is 0. The van der Waals surface area contributed by atoms with E-state index in [9.17, 15) is 0 Å². The Bertz CT molecular complexity index is 3730. The van der Waals surface area contributed by atoms with Crippen molar-refractivity contribution >= 4 is 113 Å². The Balaban J connectivity index is 1.17. The van der Waals surface area contributed by atoms with E-state index in [1.807, 2.05) is 0 Å². The highest BCUT2D eigenvalue weighted by atomic mass is 15.2. The lowest BCUT2D eigenvalue weighted by atomic mass is 9.31. The number of benzene rings is 10. The standard InChI is InChI=1S/C70H66B2N2/c1-37(2)43-23-25-57-61(29-43)73(47-19-15-13-16-20-47)63-31-45(39(5)6)27-55-51-33-50(42(11)12)54-36-60-66-52(34-49(41(9)10)53-35-59(71(57)69(55)63)65(51)67(54)68(53)66)56-28-46(40(7)8)32-64-70(56)72(60)58-26-24-44(38(3)4)30-62(58)74(64)48-21-17-14-18-22-48/h13-42H,1-12H3. The van der Waals surface area contributed by atoms with E-state index in [2.05, 4.69) is 238 Å². The number of nitrogens with zero attached hydrogens (tertiary/aromatic N) is 2. The molecule has 0 unspecified atom stereocenters. The highest BCUT2D eigenvalue weighted by Gasteiger charge is 2.46. The third-order valence-electron chi connectivity index (χ3n) is 18.0. The Morgan fingerprint density at radius 1 is 0.297 bits per heavy atom. The molecule has 14 rings (SSSR count). The SMILES string of the molecule is CC(C)c1ccc2c(c1)N(c1ccccc1)c1cc(C(C)C)cc3c1B2c1cc2c(C(C)C)cc4c5c(cc6c(C(C)C)cc-3c1c6c25)B1c2ccc(C(C)C)cc2N(c2ccccc2)c2cc(C(C)C)cc-4c21. The zero-order valence-corrected chi connectivity index (χ0v) is 45.4.